The molecule has 0 saturated heterocycles. The molecule has 0 aliphatic heterocycles. The first-order valence-corrected chi connectivity index (χ1v) is 2.01. The van der Waals surface area contributed by atoms with Crippen LogP contribution in [0.25, 0.3) is 0 Å². The minimum absolute atomic E-state index is 0.0756. The van der Waals surface area contributed by atoms with Gasteiger partial charge in [-0.05, 0) is 6.42 Å². The van der Waals surface area contributed by atoms with Crippen LogP contribution >= 0.6 is 0 Å². The molecular formula is C4H9NO. The zero-order chi connectivity index (χ0) is 4.83. The van der Waals surface area contributed by atoms with Crippen molar-refractivity contribution in [1.82, 2.24) is 0 Å². The number of aliphatic hydroxyl groups excluding tert-OH is 1. The van der Waals surface area contributed by atoms with Gasteiger partial charge < -0.3 is 5.11 Å². The minimum atomic E-state index is -0.0756. The Labute approximate surface area is 37.5 Å². The van der Waals surface area contributed by atoms with Crippen molar-refractivity contribution in [3.63, 3.8) is 0 Å². The van der Waals surface area contributed by atoms with Gasteiger partial charge in [0, 0.05) is 6.21 Å². The van der Waals surface area contributed by atoms with Crippen LogP contribution in [0.3, 0.4) is 0 Å². The van der Waals surface area contributed by atoms with Gasteiger partial charge in [0.15, 0.2) is 0 Å². The van der Waals surface area contributed by atoms with E-state index in [1.807, 2.05) is 6.92 Å². The van der Waals surface area contributed by atoms with E-state index in [9.17, 15) is 0 Å². The Balaban J connectivity index is 2.73. The molecule has 1 N–H and O–H groups in total. The summed E-state index contributed by atoms with van der Waals surface area (Å²) < 4.78 is 0. The molecule has 0 fully saturated rings. The molecule has 6 heavy (non-hydrogen) atoms. The van der Waals surface area contributed by atoms with E-state index in [4.69, 9.17) is 5.11 Å². The van der Waals surface area contributed by atoms with Crippen LogP contribution in [0.1, 0.15) is 13.3 Å². The summed E-state index contributed by atoms with van der Waals surface area (Å²) in [5, 5.41) is 8.00. The third-order valence-electron chi connectivity index (χ3n) is 0.393. The van der Waals surface area contributed by atoms with Crippen LogP contribution in [0.2, 0.25) is 0 Å². The maximum absolute atomic E-state index is 8.00. The van der Waals surface area contributed by atoms with Crippen molar-refractivity contribution in [2.75, 3.05) is 6.73 Å². The quantitative estimate of drug-likeness (QED) is 0.486. The molecule has 0 radical (unpaired) electrons. The molecule has 0 unspecified atom stereocenters. The molecule has 0 aromatic heterocycles. The molecule has 0 heterocycles. The van der Waals surface area contributed by atoms with Crippen LogP contribution in [0.15, 0.2) is 4.99 Å². The van der Waals surface area contributed by atoms with Crippen molar-refractivity contribution in [3.8, 4) is 0 Å². The fraction of sp³-hybridized carbons (Fsp3) is 0.750. The Kier molecular flexibility index (Phi) is 4.34. The normalized spacial score (nSPS) is 10.3. The molecule has 0 aromatic carbocycles. The molecule has 0 amide bonds. The zero-order valence-electron chi connectivity index (χ0n) is 3.89. The number of aliphatic imine (C=N–C) groups is 1. The van der Waals surface area contributed by atoms with Crippen LogP contribution < -0.4 is 0 Å². The molecular weight excluding hydrogens is 78.0 g/mol. The van der Waals surface area contributed by atoms with Crippen molar-refractivity contribution in [3.05, 3.63) is 0 Å². The number of hydrogen-bond acceptors (Lipinski definition) is 2. The van der Waals surface area contributed by atoms with Crippen molar-refractivity contribution in [2.24, 2.45) is 4.99 Å². The van der Waals surface area contributed by atoms with Crippen LogP contribution in [0, 0.1) is 0 Å². The molecule has 0 aromatic rings. The molecule has 0 saturated carbocycles. The second-order valence-electron chi connectivity index (χ2n) is 0.915. The van der Waals surface area contributed by atoms with Gasteiger partial charge in [0.2, 0.25) is 0 Å². The Hall–Kier alpha value is -0.370. The Morgan fingerprint density at radius 3 is 2.67 bits per heavy atom. The predicted molar refractivity (Wildman–Crippen MR) is 25.9 cm³/mol. The van der Waals surface area contributed by atoms with Gasteiger partial charge >= 0.3 is 0 Å². The van der Waals surface area contributed by atoms with Crippen molar-refractivity contribution < 1.29 is 5.11 Å². The van der Waals surface area contributed by atoms with E-state index >= 15 is 0 Å². The smallest absolute Gasteiger partial charge is 0.133 e. The molecule has 0 rings (SSSR count). The summed E-state index contributed by atoms with van der Waals surface area (Å²) in [4.78, 5) is 3.52. The van der Waals surface area contributed by atoms with E-state index in [0.717, 1.165) is 6.42 Å². The highest BCUT2D eigenvalue weighted by Crippen LogP contribution is 1.64. The highest BCUT2D eigenvalue weighted by Gasteiger charge is 1.60. The van der Waals surface area contributed by atoms with Gasteiger partial charge in [-0.2, -0.15) is 0 Å². The third kappa shape index (κ3) is 3.63. The molecule has 0 atom stereocenters. The second kappa shape index (κ2) is 4.63. The summed E-state index contributed by atoms with van der Waals surface area (Å²) >= 11 is 0. The van der Waals surface area contributed by atoms with E-state index in [-0.39, 0.29) is 6.73 Å². The Bertz CT molecular complexity index is 36.8. The number of aliphatic hydroxyl groups is 1. The summed E-state index contributed by atoms with van der Waals surface area (Å²) in [6, 6.07) is 0. The van der Waals surface area contributed by atoms with Crippen LogP contribution in [0.4, 0.5) is 0 Å². The Morgan fingerprint density at radius 2 is 2.50 bits per heavy atom. The van der Waals surface area contributed by atoms with Gasteiger partial charge in [0.05, 0.1) is 0 Å². The van der Waals surface area contributed by atoms with Gasteiger partial charge in [0.1, 0.15) is 6.73 Å². The van der Waals surface area contributed by atoms with Crippen LogP contribution in [0.5, 0.6) is 0 Å². The molecule has 36 valence electrons. The van der Waals surface area contributed by atoms with E-state index in [1.54, 1.807) is 6.21 Å². The first-order valence-electron chi connectivity index (χ1n) is 2.01. The fourth-order valence-corrected chi connectivity index (χ4v) is 0.187. The van der Waals surface area contributed by atoms with E-state index in [2.05, 4.69) is 4.99 Å². The van der Waals surface area contributed by atoms with Gasteiger partial charge in [-0.3, -0.25) is 4.99 Å². The highest BCUT2D eigenvalue weighted by molar-refractivity contribution is 5.56. The zero-order valence-corrected chi connectivity index (χ0v) is 3.89. The lowest BCUT2D eigenvalue weighted by atomic mass is 10.5. The summed E-state index contributed by atoms with van der Waals surface area (Å²) in [5.74, 6) is 0. The topological polar surface area (TPSA) is 32.6 Å². The average molecular weight is 87.1 g/mol. The maximum atomic E-state index is 8.00. The summed E-state index contributed by atoms with van der Waals surface area (Å²) in [5.41, 5.74) is 0. The third-order valence-corrected chi connectivity index (χ3v) is 0.393. The van der Waals surface area contributed by atoms with E-state index in [1.165, 1.54) is 0 Å². The summed E-state index contributed by atoms with van der Waals surface area (Å²) in [6.07, 6.45) is 2.58. The van der Waals surface area contributed by atoms with E-state index in [0.29, 0.717) is 0 Å². The van der Waals surface area contributed by atoms with Gasteiger partial charge in [-0.1, -0.05) is 6.92 Å². The predicted octanol–water partition coefficient (Wildman–Crippen LogP) is 0.417. The first-order chi connectivity index (χ1) is 2.91. The second-order valence-corrected chi connectivity index (χ2v) is 0.915. The standard InChI is InChI=1S/C4H9NO/c1-2-3-5-4-6/h3,6H,2,4H2,1H3. The first kappa shape index (κ1) is 5.63. The van der Waals surface area contributed by atoms with Crippen molar-refractivity contribution >= 4 is 6.21 Å². The number of hydrogen-bond donors (Lipinski definition) is 1. The fourth-order valence-electron chi connectivity index (χ4n) is 0.187. The van der Waals surface area contributed by atoms with Crippen LogP contribution in [-0.2, 0) is 0 Å². The van der Waals surface area contributed by atoms with Gasteiger partial charge in [0.25, 0.3) is 0 Å². The van der Waals surface area contributed by atoms with Gasteiger partial charge in [-0.15, -0.1) is 0 Å². The van der Waals surface area contributed by atoms with Crippen LogP contribution in [-0.4, -0.2) is 18.1 Å². The average Bonchev–Trinajstić information content (AvgIpc) is 1.61. The number of nitrogens with zero attached hydrogens (tertiary/aromatic N) is 1. The summed E-state index contributed by atoms with van der Waals surface area (Å²) in [6.45, 7) is 1.90. The molecule has 0 aliphatic rings. The number of rotatable bonds is 2. The molecule has 2 nitrogen and oxygen atoms in total. The van der Waals surface area contributed by atoms with Gasteiger partial charge in [-0.25, -0.2) is 0 Å². The Morgan fingerprint density at radius 1 is 1.83 bits per heavy atom. The molecule has 0 aliphatic carbocycles. The van der Waals surface area contributed by atoms with Crippen molar-refractivity contribution in [2.45, 2.75) is 13.3 Å². The SMILES string of the molecule is CCC=NCO. The molecule has 0 bridgehead atoms. The monoisotopic (exact) mass is 87.1 g/mol. The summed E-state index contributed by atoms with van der Waals surface area (Å²) in [7, 11) is 0. The lowest BCUT2D eigenvalue weighted by molar-refractivity contribution is 0.310. The lowest BCUT2D eigenvalue weighted by Gasteiger charge is -1.74. The van der Waals surface area contributed by atoms with E-state index < -0.39 is 0 Å². The largest absolute Gasteiger partial charge is 0.375 e. The minimum Gasteiger partial charge on any atom is -0.375 e. The molecule has 2 heteroatoms. The maximum Gasteiger partial charge on any atom is 0.133 e. The molecule has 0 spiro atoms. The lowest BCUT2D eigenvalue weighted by Crippen LogP contribution is -1.73. The highest BCUT2D eigenvalue weighted by atomic mass is 16.3. The van der Waals surface area contributed by atoms with Crippen molar-refractivity contribution in [1.29, 1.82) is 0 Å².